The lowest BCUT2D eigenvalue weighted by molar-refractivity contribution is 0.0953. The molecule has 1 aromatic heterocycles. The van der Waals surface area contributed by atoms with Crippen molar-refractivity contribution in [2.45, 2.75) is 64.8 Å². The van der Waals surface area contributed by atoms with Crippen LogP contribution in [0.5, 0.6) is 0 Å². The Hall–Kier alpha value is -2.69. The van der Waals surface area contributed by atoms with Gasteiger partial charge < -0.3 is 9.88 Å². The van der Waals surface area contributed by atoms with Crippen LogP contribution >= 0.6 is 0 Å². The Balaban J connectivity index is 1.45. The van der Waals surface area contributed by atoms with Crippen molar-refractivity contribution in [1.82, 2.24) is 14.9 Å². The van der Waals surface area contributed by atoms with Crippen LogP contribution < -0.4 is 5.32 Å². The number of para-hydroxylation sites is 2. The quantitative estimate of drug-likeness (QED) is 0.379. The third-order valence-electron chi connectivity index (χ3n) is 5.44. The Morgan fingerprint density at radius 1 is 0.967 bits per heavy atom. The van der Waals surface area contributed by atoms with E-state index in [-0.39, 0.29) is 11.7 Å². The highest BCUT2D eigenvalue weighted by Crippen LogP contribution is 2.19. The number of nitrogens with one attached hydrogen (secondary N) is 1. The summed E-state index contributed by atoms with van der Waals surface area (Å²) in [7, 11) is 0. The summed E-state index contributed by atoms with van der Waals surface area (Å²) in [5.41, 5.74) is 2.80. The molecule has 0 fully saturated rings. The Morgan fingerprint density at radius 2 is 1.73 bits per heavy atom. The van der Waals surface area contributed by atoms with Gasteiger partial charge in [0.15, 0.2) is 0 Å². The van der Waals surface area contributed by atoms with Gasteiger partial charge in [-0.05, 0) is 55.7 Å². The Kier molecular flexibility index (Phi) is 8.42. The number of hydrogen-bond acceptors (Lipinski definition) is 2. The van der Waals surface area contributed by atoms with E-state index in [0.717, 1.165) is 37.7 Å². The molecule has 0 saturated carbocycles. The lowest BCUT2D eigenvalue weighted by Crippen LogP contribution is -2.24. The molecule has 0 bridgehead atoms. The first-order chi connectivity index (χ1) is 14.7. The molecule has 160 valence electrons. The average molecular weight is 410 g/mol. The minimum absolute atomic E-state index is 0.149. The molecular weight excluding hydrogens is 377 g/mol. The first-order valence-electron chi connectivity index (χ1n) is 11.2. The predicted molar refractivity (Wildman–Crippen MR) is 120 cm³/mol. The fourth-order valence-corrected chi connectivity index (χ4v) is 3.75. The fraction of sp³-hybridized carbons (Fsp3) is 0.440. The number of benzene rings is 2. The Morgan fingerprint density at radius 3 is 2.53 bits per heavy atom. The van der Waals surface area contributed by atoms with Crippen molar-refractivity contribution in [3.8, 4) is 0 Å². The first kappa shape index (κ1) is 22.0. The topological polar surface area (TPSA) is 46.9 Å². The number of halogens is 1. The minimum atomic E-state index is -0.331. The maximum atomic E-state index is 12.9. The molecule has 0 aliphatic heterocycles. The highest BCUT2D eigenvalue weighted by molar-refractivity contribution is 5.94. The molecule has 30 heavy (non-hydrogen) atoms. The molecule has 0 spiro atoms. The molecule has 4 nitrogen and oxygen atoms in total. The van der Waals surface area contributed by atoms with E-state index in [0.29, 0.717) is 12.1 Å². The van der Waals surface area contributed by atoms with Crippen molar-refractivity contribution in [2.24, 2.45) is 0 Å². The van der Waals surface area contributed by atoms with Gasteiger partial charge in [0.2, 0.25) is 0 Å². The molecule has 5 heteroatoms. The number of carbonyl (C=O) groups is 1. The van der Waals surface area contributed by atoms with Crippen molar-refractivity contribution in [2.75, 3.05) is 6.54 Å². The van der Waals surface area contributed by atoms with Crippen LogP contribution in [0.15, 0.2) is 48.5 Å². The maximum absolute atomic E-state index is 12.9. The van der Waals surface area contributed by atoms with Crippen LogP contribution in [0.4, 0.5) is 4.39 Å². The lowest BCUT2D eigenvalue weighted by Gasteiger charge is -2.09. The van der Waals surface area contributed by atoms with Gasteiger partial charge in [-0.25, -0.2) is 9.37 Å². The fourth-order valence-electron chi connectivity index (χ4n) is 3.75. The molecule has 0 aliphatic carbocycles. The van der Waals surface area contributed by atoms with Crippen LogP contribution in [-0.2, 0) is 13.0 Å². The number of rotatable bonds is 12. The van der Waals surface area contributed by atoms with E-state index in [1.165, 1.54) is 61.3 Å². The van der Waals surface area contributed by atoms with E-state index in [9.17, 15) is 9.18 Å². The zero-order valence-corrected chi connectivity index (χ0v) is 17.9. The van der Waals surface area contributed by atoms with Gasteiger partial charge in [-0.15, -0.1) is 0 Å². The van der Waals surface area contributed by atoms with E-state index >= 15 is 0 Å². The van der Waals surface area contributed by atoms with E-state index in [1.54, 1.807) is 0 Å². The molecular formula is C25H32FN3O. The number of carbonyl (C=O) groups excluding carboxylic acids is 1. The van der Waals surface area contributed by atoms with Crippen LogP contribution in [0.1, 0.15) is 68.1 Å². The van der Waals surface area contributed by atoms with Crippen LogP contribution in [-0.4, -0.2) is 22.0 Å². The number of fused-ring (bicyclic) bond motifs is 1. The molecule has 0 atom stereocenters. The summed E-state index contributed by atoms with van der Waals surface area (Å²) in [5, 5.41) is 2.91. The minimum Gasteiger partial charge on any atom is -0.352 e. The summed E-state index contributed by atoms with van der Waals surface area (Å²) in [5.74, 6) is 0.690. The van der Waals surface area contributed by atoms with E-state index < -0.39 is 0 Å². The molecule has 1 amide bonds. The predicted octanol–water partition coefficient (Wildman–Crippen LogP) is 5.90. The number of amides is 1. The van der Waals surface area contributed by atoms with Gasteiger partial charge in [-0.3, -0.25) is 4.79 Å². The third kappa shape index (κ3) is 6.15. The van der Waals surface area contributed by atoms with E-state index in [4.69, 9.17) is 4.98 Å². The second kappa shape index (κ2) is 11.5. The van der Waals surface area contributed by atoms with Crippen LogP contribution in [0.3, 0.4) is 0 Å². The van der Waals surface area contributed by atoms with Crippen LogP contribution in [0.2, 0.25) is 0 Å². The summed E-state index contributed by atoms with van der Waals surface area (Å²) in [4.78, 5) is 16.9. The van der Waals surface area contributed by atoms with Gasteiger partial charge in [0.25, 0.3) is 5.91 Å². The molecule has 0 unspecified atom stereocenters. The zero-order chi connectivity index (χ0) is 21.2. The van der Waals surface area contributed by atoms with Crippen molar-refractivity contribution in [3.63, 3.8) is 0 Å². The summed E-state index contributed by atoms with van der Waals surface area (Å²) in [6.07, 6.45) is 8.93. The van der Waals surface area contributed by atoms with Gasteiger partial charge in [0, 0.05) is 25.1 Å². The number of imidazole rings is 1. The highest BCUT2D eigenvalue weighted by Gasteiger charge is 2.10. The SMILES string of the molecule is CCCCCCn1c(CCCCCNC(=O)c2ccc(F)cc2)nc2ccccc21. The molecule has 3 aromatic rings. The summed E-state index contributed by atoms with van der Waals surface area (Å²) in [6, 6.07) is 14.0. The van der Waals surface area contributed by atoms with Gasteiger partial charge in [0.05, 0.1) is 11.0 Å². The van der Waals surface area contributed by atoms with E-state index in [2.05, 4.69) is 35.0 Å². The molecule has 1 N–H and O–H groups in total. The van der Waals surface area contributed by atoms with Crippen molar-refractivity contribution in [3.05, 3.63) is 65.7 Å². The molecule has 3 rings (SSSR count). The van der Waals surface area contributed by atoms with Crippen LogP contribution in [0.25, 0.3) is 11.0 Å². The smallest absolute Gasteiger partial charge is 0.251 e. The maximum Gasteiger partial charge on any atom is 0.251 e. The number of unbranched alkanes of at least 4 members (excludes halogenated alkanes) is 5. The van der Waals surface area contributed by atoms with Crippen LogP contribution in [0, 0.1) is 5.82 Å². The summed E-state index contributed by atoms with van der Waals surface area (Å²) >= 11 is 0. The number of hydrogen-bond donors (Lipinski definition) is 1. The van der Waals surface area contributed by atoms with Gasteiger partial charge >= 0.3 is 0 Å². The Bertz CT molecular complexity index is 933. The summed E-state index contributed by atoms with van der Waals surface area (Å²) < 4.78 is 15.3. The summed E-state index contributed by atoms with van der Waals surface area (Å²) in [6.45, 7) is 3.90. The first-order valence-corrected chi connectivity index (χ1v) is 11.2. The second-order valence-electron chi connectivity index (χ2n) is 7.80. The average Bonchev–Trinajstić information content (AvgIpc) is 3.11. The molecule has 2 aromatic carbocycles. The largest absolute Gasteiger partial charge is 0.352 e. The lowest BCUT2D eigenvalue weighted by atomic mass is 10.1. The normalized spacial score (nSPS) is 11.1. The van der Waals surface area contributed by atoms with Gasteiger partial charge in [-0.1, -0.05) is 44.7 Å². The molecule has 1 heterocycles. The Labute approximate surface area is 178 Å². The van der Waals surface area contributed by atoms with E-state index in [1.807, 2.05) is 6.07 Å². The molecule has 0 saturated heterocycles. The monoisotopic (exact) mass is 409 g/mol. The highest BCUT2D eigenvalue weighted by atomic mass is 19.1. The molecule has 0 radical (unpaired) electrons. The van der Waals surface area contributed by atoms with Crippen molar-refractivity contribution >= 4 is 16.9 Å². The van der Waals surface area contributed by atoms with Gasteiger partial charge in [-0.2, -0.15) is 0 Å². The second-order valence-corrected chi connectivity index (χ2v) is 7.80. The number of aryl methyl sites for hydroxylation is 2. The standard InChI is InChI=1S/C25H32FN3O/c1-2-3-4-10-19-29-23-12-8-7-11-22(23)28-24(29)13-6-5-9-18-27-25(30)20-14-16-21(26)17-15-20/h7-8,11-12,14-17H,2-6,9-10,13,18-19H2,1H3,(H,27,30). The zero-order valence-electron chi connectivity index (χ0n) is 17.9. The number of nitrogens with zero attached hydrogens (tertiary/aromatic N) is 2. The third-order valence-corrected chi connectivity index (χ3v) is 5.44. The molecule has 0 aliphatic rings. The van der Waals surface area contributed by atoms with Gasteiger partial charge in [0.1, 0.15) is 11.6 Å². The van der Waals surface area contributed by atoms with Crippen molar-refractivity contribution in [1.29, 1.82) is 0 Å². The van der Waals surface area contributed by atoms with Crippen molar-refractivity contribution < 1.29 is 9.18 Å². The number of aromatic nitrogens is 2.